The number of pyridine rings is 1. The number of amides is 1. The fraction of sp³-hybridized carbons (Fsp3) is 0.625. The van der Waals surface area contributed by atoms with Gasteiger partial charge in [0, 0.05) is 31.5 Å². The van der Waals surface area contributed by atoms with Crippen molar-refractivity contribution in [2.24, 2.45) is 5.92 Å². The van der Waals surface area contributed by atoms with E-state index in [-0.39, 0.29) is 5.91 Å². The lowest BCUT2D eigenvalue weighted by atomic mass is 10.1. The summed E-state index contributed by atoms with van der Waals surface area (Å²) in [5, 5.41) is 6.12. The van der Waals surface area contributed by atoms with Crippen LogP contribution < -0.4 is 10.6 Å². The number of hydrogen-bond acceptors (Lipinski definition) is 4. The smallest absolute Gasteiger partial charge is 0.251 e. The number of rotatable bonds is 9. The van der Waals surface area contributed by atoms with Gasteiger partial charge in [-0.05, 0) is 31.4 Å². The van der Waals surface area contributed by atoms with Gasteiger partial charge < -0.3 is 15.4 Å². The first kappa shape index (κ1) is 17.4. The quantitative estimate of drug-likeness (QED) is 0.734. The zero-order valence-corrected chi connectivity index (χ0v) is 13.5. The molecular formula is C16H27N3O2. The van der Waals surface area contributed by atoms with Crippen LogP contribution >= 0.6 is 0 Å². The molecule has 5 nitrogen and oxygen atoms in total. The molecule has 1 heterocycles. The molecule has 1 aromatic heterocycles. The van der Waals surface area contributed by atoms with Crippen LogP contribution in [-0.4, -0.2) is 37.7 Å². The van der Waals surface area contributed by atoms with Gasteiger partial charge >= 0.3 is 0 Å². The first-order valence-corrected chi connectivity index (χ1v) is 7.62. The Balaban J connectivity index is 2.76. The maximum Gasteiger partial charge on any atom is 0.251 e. The molecule has 0 saturated carbocycles. The van der Waals surface area contributed by atoms with Gasteiger partial charge in [-0.3, -0.25) is 4.79 Å². The summed E-state index contributed by atoms with van der Waals surface area (Å²) >= 11 is 0. The number of anilines is 1. The highest BCUT2D eigenvalue weighted by Gasteiger charge is 2.11. The number of nitrogens with one attached hydrogen (secondary N) is 2. The van der Waals surface area contributed by atoms with E-state index in [2.05, 4.69) is 22.5 Å². The molecule has 0 saturated heterocycles. The molecule has 0 aliphatic carbocycles. The van der Waals surface area contributed by atoms with Crippen molar-refractivity contribution in [3.63, 3.8) is 0 Å². The summed E-state index contributed by atoms with van der Waals surface area (Å²) in [5.74, 6) is 1.000. The van der Waals surface area contributed by atoms with Gasteiger partial charge in [0.25, 0.3) is 5.91 Å². The standard InChI is InChI=1S/C16H27N3O2/c1-5-7-14-8-13(9-15(19-14)17-6-2)16(20)18-10-12(3)11-21-4/h8-9,12H,5-7,10-11H2,1-4H3,(H,17,19)(H,18,20). The molecule has 1 amide bonds. The number of aryl methyl sites for hydroxylation is 1. The van der Waals surface area contributed by atoms with Crippen LogP contribution in [0.4, 0.5) is 5.82 Å². The SMILES string of the molecule is CCCc1cc(C(=O)NCC(C)COC)cc(NCC)n1. The zero-order valence-electron chi connectivity index (χ0n) is 13.5. The van der Waals surface area contributed by atoms with Crippen molar-refractivity contribution >= 4 is 11.7 Å². The summed E-state index contributed by atoms with van der Waals surface area (Å²) in [4.78, 5) is 16.8. The van der Waals surface area contributed by atoms with Crippen molar-refractivity contribution in [3.8, 4) is 0 Å². The van der Waals surface area contributed by atoms with E-state index < -0.39 is 0 Å². The summed E-state index contributed by atoms with van der Waals surface area (Å²) in [6.45, 7) is 8.19. The maximum atomic E-state index is 12.3. The Morgan fingerprint density at radius 2 is 2.14 bits per heavy atom. The van der Waals surface area contributed by atoms with Gasteiger partial charge in [0.05, 0.1) is 6.61 Å². The lowest BCUT2D eigenvalue weighted by Gasteiger charge is -2.13. The average molecular weight is 293 g/mol. The second kappa shape index (κ2) is 9.34. The lowest BCUT2D eigenvalue weighted by molar-refractivity contribution is 0.0934. The Morgan fingerprint density at radius 3 is 2.76 bits per heavy atom. The van der Waals surface area contributed by atoms with E-state index in [0.717, 1.165) is 30.9 Å². The molecule has 0 bridgehead atoms. The van der Waals surface area contributed by atoms with Crippen LogP contribution in [0.2, 0.25) is 0 Å². The largest absolute Gasteiger partial charge is 0.384 e. The van der Waals surface area contributed by atoms with E-state index in [0.29, 0.717) is 24.6 Å². The molecular weight excluding hydrogens is 266 g/mol. The minimum atomic E-state index is -0.0585. The predicted octanol–water partition coefficient (Wildman–Crippen LogP) is 2.48. The summed E-state index contributed by atoms with van der Waals surface area (Å²) in [6, 6.07) is 3.68. The molecule has 1 unspecified atom stereocenters. The number of nitrogens with zero attached hydrogens (tertiary/aromatic N) is 1. The third kappa shape index (κ3) is 6.12. The predicted molar refractivity (Wildman–Crippen MR) is 85.8 cm³/mol. The van der Waals surface area contributed by atoms with Gasteiger partial charge in [-0.25, -0.2) is 4.98 Å². The molecule has 21 heavy (non-hydrogen) atoms. The van der Waals surface area contributed by atoms with E-state index >= 15 is 0 Å². The molecule has 0 aromatic carbocycles. The third-order valence-corrected chi connectivity index (χ3v) is 3.07. The van der Waals surface area contributed by atoms with Crippen molar-refractivity contribution in [3.05, 3.63) is 23.4 Å². The van der Waals surface area contributed by atoms with Gasteiger partial charge in [0.15, 0.2) is 0 Å². The molecule has 1 rings (SSSR count). The zero-order chi connectivity index (χ0) is 15.7. The molecule has 5 heteroatoms. The van der Waals surface area contributed by atoms with Crippen LogP contribution in [0.1, 0.15) is 43.2 Å². The fourth-order valence-electron chi connectivity index (χ4n) is 2.09. The van der Waals surface area contributed by atoms with Crippen molar-refractivity contribution in [2.45, 2.75) is 33.6 Å². The molecule has 0 aliphatic heterocycles. The van der Waals surface area contributed by atoms with E-state index in [1.54, 1.807) is 13.2 Å². The van der Waals surface area contributed by atoms with Gasteiger partial charge in [-0.2, -0.15) is 0 Å². The van der Waals surface area contributed by atoms with E-state index in [1.165, 1.54) is 0 Å². The van der Waals surface area contributed by atoms with Crippen molar-refractivity contribution in [2.75, 3.05) is 32.1 Å². The second-order valence-electron chi connectivity index (χ2n) is 5.28. The van der Waals surface area contributed by atoms with Crippen molar-refractivity contribution in [1.29, 1.82) is 0 Å². The lowest BCUT2D eigenvalue weighted by Crippen LogP contribution is -2.30. The number of carbonyl (C=O) groups is 1. The van der Waals surface area contributed by atoms with Crippen molar-refractivity contribution < 1.29 is 9.53 Å². The molecule has 1 atom stereocenters. The maximum absolute atomic E-state index is 12.3. The van der Waals surface area contributed by atoms with Crippen LogP contribution in [-0.2, 0) is 11.2 Å². The number of ether oxygens (including phenoxy) is 1. The summed E-state index contributed by atoms with van der Waals surface area (Å²) < 4.78 is 5.07. The highest BCUT2D eigenvalue weighted by molar-refractivity contribution is 5.95. The molecule has 2 N–H and O–H groups in total. The highest BCUT2D eigenvalue weighted by Crippen LogP contribution is 2.12. The highest BCUT2D eigenvalue weighted by atomic mass is 16.5. The Kier molecular flexibility index (Phi) is 7.75. The second-order valence-corrected chi connectivity index (χ2v) is 5.28. The molecule has 118 valence electrons. The van der Waals surface area contributed by atoms with Crippen LogP contribution in [0, 0.1) is 5.92 Å². The molecule has 1 aromatic rings. The summed E-state index contributed by atoms with van der Waals surface area (Å²) in [5.41, 5.74) is 1.61. The summed E-state index contributed by atoms with van der Waals surface area (Å²) in [7, 11) is 1.67. The van der Waals surface area contributed by atoms with E-state index in [4.69, 9.17) is 4.74 Å². The first-order valence-electron chi connectivity index (χ1n) is 7.62. The Morgan fingerprint density at radius 1 is 1.38 bits per heavy atom. The number of aromatic nitrogens is 1. The molecule has 0 aliphatic rings. The van der Waals surface area contributed by atoms with E-state index in [1.807, 2.05) is 19.9 Å². The fourth-order valence-corrected chi connectivity index (χ4v) is 2.09. The Bertz CT molecular complexity index is 425. The van der Waals surface area contributed by atoms with Crippen LogP contribution in [0.5, 0.6) is 0 Å². The molecule has 0 fully saturated rings. The number of hydrogen-bond donors (Lipinski definition) is 2. The Labute approximate surface area is 127 Å². The topological polar surface area (TPSA) is 63.2 Å². The van der Waals surface area contributed by atoms with E-state index in [9.17, 15) is 4.79 Å². The van der Waals surface area contributed by atoms with Crippen LogP contribution in [0.25, 0.3) is 0 Å². The van der Waals surface area contributed by atoms with Crippen molar-refractivity contribution in [1.82, 2.24) is 10.3 Å². The summed E-state index contributed by atoms with van der Waals surface area (Å²) in [6.07, 6.45) is 1.88. The van der Waals surface area contributed by atoms with Gasteiger partial charge in [0.2, 0.25) is 0 Å². The molecule has 0 radical (unpaired) electrons. The monoisotopic (exact) mass is 293 g/mol. The average Bonchev–Trinajstić information content (AvgIpc) is 2.45. The number of carbonyl (C=O) groups excluding carboxylic acids is 1. The first-order chi connectivity index (χ1) is 10.1. The van der Waals surface area contributed by atoms with Gasteiger partial charge in [-0.1, -0.05) is 20.3 Å². The Hall–Kier alpha value is -1.62. The third-order valence-electron chi connectivity index (χ3n) is 3.07. The van der Waals surface area contributed by atoms with Gasteiger partial charge in [-0.15, -0.1) is 0 Å². The minimum Gasteiger partial charge on any atom is -0.384 e. The molecule has 0 spiro atoms. The van der Waals surface area contributed by atoms with Crippen LogP contribution in [0.15, 0.2) is 12.1 Å². The normalized spacial score (nSPS) is 12.0. The van der Waals surface area contributed by atoms with Crippen LogP contribution in [0.3, 0.4) is 0 Å². The van der Waals surface area contributed by atoms with Gasteiger partial charge in [0.1, 0.15) is 5.82 Å². The number of methoxy groups -OCH3 is 1. The minimum absolute atomic E-state index is 0.0585.